The van der Waals surface area contributed by atoms with Crippen molar-refractivity contribution >= 4 is 35.1 Å². The van der Waals surface area contributed by atoms with Gasteiger partial charge in [-0.25, -0.2) is 4.68 Å². The van der Waals surface area contributed by atoms with E-state index in [0.29, 0.717) is 16.6 Å². The molecule has 1 atom stereocenters. The third-order valence-electron chi connectivity index (χ3n) is 4.48. The molecule has 1 amide bonds. The number of fused-ring (bicyclic) bond motifs is 1. The summed E-state index contributed by atoms with van der Waals surface area (Å²) in [6.07, 6.45) is 0. The zero-order valence-electron chi connectivity index (χ0n) is 14.9. The Morgan fingerprint density at radius 2 is 2.07 bits per heavy atom. The Kier molecular flexibility index (Phi) is 4.85. The normalized spacial score (nSPS) is 16.4. The molecule has 3 aromatic rings. The number of halogens is 1. The summed E-state index contributed by atoms with van der Waals surface area (Å²) in [6.45, 7) is 1.96. The first-order valence-electron chi connectivity index (χ1n) is 8.48. The monoisotopic (exact) mass is 399 g/mol. The average molecular weight is 400 g/mol. The molecule has 0 saturated carbocycles. The predicted octanol–water partition coefficient (Wildman–Crippen LogP) is 4.62. The lowest BCUT2D eigenvalue weighted by atomic mass is 10.0. The highest BCUT2D eigenvalue weighted by Gasteiger charge is 2.31. The molecule has 2 aromatic carbocycles. The van der Waals surface area contributed by atoms with Crippen LogP contribution in [0.4, 0.5) is 5.82 Å². The molecule has 1 N–H and O–H groups in total. The molecule has 1 aliphatic heterocycles. The zero-order valence-corrected chi connectivity index (χ0v) is 16.5. The molecule has 4 rings (SSSR count). The number of nitrogens with one attached hydrogen (secondary N) is 1. The van der Waals surface area contributed by atoms with E-state index in [0.717, 1.165) is 28.3 Å². The van der Waals surface area contributed by atoms with Gasteiger partial charge in [-0.05, 0) is 36.8 Å². The van der Waals surface area contributed by atoms with Gasteiger partial charge in [-0.1, -0.05) is 35.9 Å². The Hall–Kier alpha value is -2.44. The lowest BCUT2D eigenvalue weighted by Gasteiger charge is -2.16. The van der Waals surface area contributed by atoms with Gasteiger partial charge < -0.3 is 10.1 Å². The first kappa shape index (κ1) is 17.9. The standard InChI is InChI=1S/C20H18ClN3O2S/c1-12-18-19(13-6-5-7-14(10-13)26-2)27-11-17(25)22-20(18)24(23-12)16-9-4-3-8-15(16)21/h3-10,19H,11H2,1-2H3,(H,22,25). The van der Waals surface area contributed by atoms with Gasteiger partial charge in [0.1, 0.15) is 11.6 Å². The van der Waals surface area contributed by atoms with Crippen molar-refractivity contribution in [3.8, 4) is 11.4 Å². The SMILES string of the molecule is COc1cccc(C2SCC(=O)Nc3c2c(C)nn3-c2ccccc2Cl)c1. The highest BCUT2D eigenvalue weighted by molar-refractivity contribution is 8.00. The summed E-state index contributed by atoms with van der Waals surface area (Å²) in [7, 11) is 1.65. The van der Waals surface area contributed by atoms with Crippen LogP contribution in [0.2, 0.25) is 5.02 Å². The largest absolute Gasteiger partial charge is 0.497 e. The first-order chi connectivity index (χ1) is 13.1. The van der Waals surface area contributed by atoms with E-state index in [9.17, 15) is 4.79 Å². The van der Waals surface area contributed by atoms with E-state index in [1.165, 1.54) is 0 Å². The van der Waals surface area contributed by atoms with Gasteiger partial charge in [0.25, 0.3) is 0 Å². The van der Waals surface area contributed by atoms with Crippen molar-refractivity contribution in [3.05, 3.63) is 70.4 Å². The maximum Gasteiger partial charge on any atom is 0.235 e. The van der Waals surface area contributed by atoms with Crippen molar-refractivity contribution in [3.63, 3.8) is 0 Å². The van der Waals surface area contributed by atoms with E-state index in [1.54, 1.807) is 23.6 Å². The summed E-state index contributed by atoms with van der Waals surface area (Å²) in [4.78, 5) is 12.4. The highest BCUT2D eigenvalue weighted by Crippen LogP contribution is 2.44. The van der Waals surface area contributed by atoms with E-state index in [-0.39, 0.29) is 11.2 Å². The second kappa shape index (κ2) is 7.29. The van der Waals surface area contributed by atoms with Gasteiger partial charge in [0.15, 0.2) is 0 Å². The fourth-order valence-electron chi connectivity index (χ4n) is 3.25. The van der Waals surface area contributed by atoms with Crippen molar-refractivity contribution in [1.82, 2.24) is 9.78 Å². The number of ether oxygens (including phenoxy) is 1. The number of nitrogens with zero attached hydrogens (tertiary/aromatic N) is 2. The van der Waals surface area contributed by atoms with E-state index in [2.05, 4.69) is 5.32 Å². The fourth-order valence-corrected chi connectivity index (χ4v) is 4.64. The molecule has 0 saturated heterocycles. The van der Waals surface area contributed by atoms with Crippen LogP contribution in [0.3, 0.4) is 0 Å². The summed E-state index contributed by atoms with van der Waals surface area (Å²) in [5.74, 6) is 1.76. The Labute approximate surface area is 166 Å². The number of rotatable bonds is 3. The number of benzene rings is 2. The smallest absolute Gasteiger partial charge is 0.235 e. The molecule has 1 aromatic heterocycles. The van der Waals surface area contributed by atoms with Gasteiger partial charge in [-0.3, -0.25) is 4.79 Å². The van der Waals surface area contributed by atoms with Crippen LogP contribution in [-0.4, -0.2) is 28.6 Å². The molecule has 0 fully saturated rings. The number of aromatic nitrogens is 2. The average Bonchev–Trinajstić information content (AvgIpc) is 2.87. The zero-order chi connectivity index (χ0) is 19.0. The number of amides is 1. The molecular weight excluding hydrogens is 382 g/mol. The third-order valence-corrected chi connectivity index (χ3v) is 6.07. The van der Waals surface area contributed by atoms with Gasteiger partial charge in [0.05, 0.1) is 34.5 Å². The quantitative estimate of drug-likeness (QED) is 0.698. The summed E-state index contributed by atoms with van der Waals surface area (Å²) >= 11 is 7.97. The van der Waals surface area contributed by atoms with Gasteiger partial charge in [0, 0.05) is 5.56 Å². The molecule has 0 bridgehead atoms. The molecule has 1 aliphatic rings. The van der Waals surface area contributed by atoms with Gasteiger partial charge in [-0.15, -0.1) is 11.8 Å². The minimum atomic E-state index is -0.0557. The van der Waals surface area contributed by atoms with Crippen LogP contribution in [0.5, 0.6) is 5.75 Å². The summed E-state index contributed by atoms with van der Waals surface area (Å²) in [5, 5.41) is 8.25. The number of anilines is 1. The molecule has 2 heterocycles. The van der Waals surface area contributed by atoms with Crippen molar-refractivity contribution < 1.29 is 9.53 Å². The van der Waals surface area contributed by atoms with Crippen LogP contribution < -0.4 is 10.1 Å². The number of para-hydroxylation sites is 1. The Morgan fingerprint density at radius 3 is 2.85 bits per heavy atom. The number of hydrogen-bond donors (Lipinski definition) is 1. The Morgan fingerprint density at radius 1 is 1.26 bits per heavy atom. The molecule has 1 unspecified atom stereocenters. The van der Waals surface area contributed by atoms with Gasteiger partial charge in [-0.2, -0.15) is 5.10 Å². The van der Waals surface area contributed by atoms with E-state index in [1.807, 2.05) is 55.5 Å². The van der Waals surface area contributed by atoms with Crippen LogP contribution >= 0.6 is 23.4 Å². The second-order valence-electron chi connectivity index (χ2n) is 6.23. The van der Waals surface area contributed by atoms with E-state index >= 15 is 0 Å². The number of thioether (sulfide) groups is 1. The summed E-state index contributed by atoms with van der Waals surface area (Å²) in [6, 6.07) is 15.4. The van der Waals surface area contributed by atoms with Gasteiger partial charge >= 0.3 is 0 Å². The maximum atomic E-state index is 12.4. The molecule has 138 valence electrons. The molecule has 27 heavy (non-hydrogen) atoms. The number of carbonyl (C=O) groups excluding carboxylic acids is 1. The van der Waals surface area contributed by atoms with Crippen molar-refractivity contribution in [1.29, 1.82) is 0 Å². The highest BCUT2D eigenvalue weighted by atomic mass is 35.5. The van der Waals surface area contributed by atoms with Crippen LogP contribution in [-0.2, 0) is 4.79 Å². The molecule has 0 spiro atoms. The Balaban J connectivity index is 1.90. The summed E-state index contributed by atoms with van der Waals surface area (Å²) in [5.41, 5.74) is 3.64. The lowest BCUT2D eigenvalue weighted by Crippen LogP contribution is -2.16. The van der Waals surface area contributed by atoms with E-state index in [4.69, 9.17) is 21.4 Å². The minimum absolute atomic E-state index is 0.0368. The van der Waals surface area contributed by atoms with Crippen LogP contribution in [0, 0.1) is 6.92 Å². The molecule has 0 aliphatic carbocycles. The molecular formula is C20H18ClN3O2S. The maximum absolute atomic E-state index is 12.4. The topological polar surface area (TPSA) is 56.1 Å². The minimum Gasteiger partial charge on any atom is -0.497 e. The fraction of sp³-hybridized carbons (Fsp3) is 0.200. The summed E-state index contributed by atoms with van der Waals surface area (Å²) < 4.78 is 7.10. The van der Waals surface area contributed by atoms with Crippen LogP contribution in [0.1, 0.15) is 22.1 Å². The number of aryl methyl sites for hydroxylation is 1. The van der Waals surface area contributed by atoms with Crippen LogP contribution in [0.25, 0.3) is 5.69 Å². The predicted molar refractivity (Wildman–Crippen MR) is 109 cm³/mol. The van der Waals surface area contributed by atoms with E-state index < -0.39 is 0 Å². The van der Waals surface area contributed by atoms with Crippen molar-refractivity contribution in [2.45, 2.75) is 12.2 Å². The van der Waals surface area contributed by atoms with Crippen LogP contribution in [0.15, 0.2) is 48.5 Å². The number of hydrogen-bond acceptors (Lipinski definition) is 4. The second-order valence-corrected chi connectivity index (χ2v) is 7.73. The third kappa shape index (κ3) is 3.31. The molecule has 0 radical (unpaired) electrons. The van der Waals surface area contributed by atoms with Crippen molar-refractivity contribution in [2.24, 2.45) is 0 Å². The lowest BCUT2D eigenvalue weighted by molar-refractivity contribution is -0.113. The number of methoxy groups -OCH3 is 1. The molecule has 5 nitrogen and oxygen atoms in total. The van der Waals surface area contributed by atoms with Gasteiger partial charge in [0.2, 0.25) is 5.91 Å². The Bertz CT molecular complexity index is 1020. The first-order valence-corrected chi connectivity index (χ1v) is 9.91. The molecule has 7 heteroatoms. The number of carbonyl (C=O) groups is 1. The van der Waals surface area contributed by atoms with Crippen molar-refractivity contribution in [2.75, 3.05) is 18.2 Å².